The lowest BCUT2D eigenvalue weighted by atomic mass is 10.1. The van der Waals surface area contributed by atoms with E-state index in [-0.39, 0.29) is 11.9 Å². The van der Waals surface area contributed by atoms with Gasteiger partial charge in [0.15, 0.2) is 0 Å². The summed E-state index contributed by atoms with van der Waals surface area (Å²) >= 11 is 1.77. The molecule has 0 unspecified atom stereocenters. The van der Waals surface area contributed by atoms with Crippen LogP contribution in [0.3, 0.4) is 0 Å². The summed E-state index contributed by atoms with van der Waals surface area (Å²) in [6, 6.07) is 12.0. The van der Waals surface area contributed by atoms with Crippen LogP contribution >= 0.6 is 11.3 Å². The first-order valence-corrected chi connectivity index (χ1v) is 10.8. The van der Waals surface area contributed by atoms with Gasteiger partial charge in [-0.3, -0.25) is 9.69 Å². The van der Waals surface area contributed by atoms with Gasteiger partial charge in [0.05, 0.1) is 12.6 Å². The van der Waals surface area contributed by atoms with Crippen molar-refractivity contribution in [3.05, 3.63) is 52.2 Å². The maximum Gasteiger partial charge on any atom is 0.251 e. The Kier molecular flexibility index (Phi) is 7.30. The maximum atomic E-state index is 12.6. The number of likely N-dealkylation sites (tertiary alicyclic amines) is 1. The molecule has 1 aliphatic heterocycles. The van der Waals surface area contributed by atoms with Crippen LogP contribution in [0.25, 0.3) is 0 Å². The number of amides is 1. The van der Waals surface area contributed by atoms with Crippen LogP contribution < -0.4 is 10.1 Å². The van der Waals surface area contributed by atoms with Gasteiger partial charge < -0.3 is 10.1 Å². The van der Waals surface area contributed by atoms with Crippen molar-refractivity contribution in [3.63, 3.8) is 0 Å². The first-order valence-electron chi connectivity index (χ1n) is 9.92. The van der Waals surface area contributed by atoms with E-state index in [2.05, 4.69) is 41.6 Å². The number of nitrogens with one attached hydrogen (secondary N) is 1. The third-order valence-corrected chi connectivity index (χ3v) is 5.83. The summed E-state index contributed by atoms with van der Waals surface area (Å²) in [5.74, 6) is 1.27. The molecular weight excluding hydrogens is 356 g/mol. The molecule has 0 spiro atoms. The van der Waals surface area contributed by atoms with Crippen molar-refractivity contribution in [2.24, 2.45) is 5.92 Å². The summed E-state index contributed by atoms with van der Waals surface area (Å²) < 4.78 is 5.69. The topological polar surface area (TPSA) is 41.6 Å². The van der Waals surface area contributed by atoms with E-state index >= 15 is 0 Å². The van der Waals surface area contributed by atoms with Crippen molar-refractivity contribution in [3.8, 4) is 5.75 Å². The Balaban J connectivity index is 1.58. The summed E-state index contributed by atoms with van der Waals surface area (Å²) in [6.45, 7) is 7.79. The molecule has 0 saturated carbocycles. The van der Waals surface area contributed by atoms with Crippen molar-refractivity contribution in [2.75, 3.05) is 26.2 Å². The number of rotatable bonds is 8. The molecule has 1 aromatic carbocycles. The first kappa shape index (κ1) is 19.9. The van der Waals surface area contributed by atoms with E-state index in [0.717, 1.165) is 18.8 Å². The van der Waals surface area contributed by atoms with Gasteiger partial charge in [-0.1, -0.05) is 26.3 Å². The average molecular weight is 387 g/mol. The number of hydrogen-bond acceptors (Lipinski definition) is 4. The third kappa shape index (κ3) is 5.81. The highest BCUT2D eigenvalue weighted by atomic mass is 32.1. The number of carbonyl (C=O) groups is 1. The standard InChI is InChI=1S/C22H30N2O2S/c1-17(2)16-26-19-10-8-18(9-11-19)22(25)23-15-20(21-7-6-14-27-21)24-12-4-3-5-13-24/h6-11,14,17,20H,3-5,12-13,15-16H2,1-2H3,(H,23,25)/t20-/m1/s1. The number of ether oxygens (including phenoxy) is 1. The Labute approximate surface area is 166 Å². The molecule has 0 radical (unpaired) electrons. The van der Waals surface area contributed by atoms with Gasteiger partial charge >= 0.3 is 0 Å². The van der Waals surface area contributed by atoms with Gasteiger partial charge in [0.2, 0.25) is 0 Å². The quantitative estimate of drug-likeness (QED) is 0.712. The summed E-state index contributed by atoms with van der Waals surface area (Å²) in [5, 5.41) is 5.25. The molecule has 1 aromatic heterocycles. The minimum Gasteiger partial charge on any atom is -0.493 e. The van der Waals surface area contributed by atoms with E-state index in [4.69, 9.17) is 4.74 Å². The van der Waals surface area contributed by atoms with Crippen molar-refractivity contribution in [2.45, 2.75) is 39.2 Å². The predicted molar refractivity (Wildman–Crippen MR) is 112 cm³/mol. The third-order valence-electron chi connectivity index (χ3n) is 4.86. The van der Waals surface area contributed by atoms with Gasteiger partial charge in [0, 0.05) is 17.0 Å². The van der Waals surface area contributed by atoms with E-state index in [9.17, 15) is 4.79 Å². The number of benzene rings is 1. The Bertz CT molecular complexity index is 692. The molecule has 2 heterocycles. The van der Waals surface area contributed by atoms with Crippen LogP contribution in [-0.4, -0.2) is 37.0 Å². The molecule has 3 rings (SSSR count). The van der Waals surface area contributed by atoms with Crippen molar-refractivity contribution >= 4 is 17.2 Å². The lowest BCUT2D eigenvalue weighted by Crippen LogP contribution is -2.40. The van der Waals surface area contributed by atoms with Crippen molar-refractivity contribution in [1.29, 1.82) is 0 Å². The molecular formula is C22H30N2O2S. The normalized spacial score (nSPS) is 16.3. The lowest BCUT2D eigenvalue weighted by molar-refractivity contribution is 0.0925. The van der Waals surface area contributed by atoms with Crippen LogP contribution in [0.15, 0.2) is 41.8 Å². The molecule has 4 nitrogen and oxygen atoms in total. The zero-order chi connectivity index (χ0) is 19.1. The molecule has 0 aliphatic carbocycles. The second-order valence-corrected chi connectivity index (χ2v) is 8.55. The number of nitrogens with zero attached hydrogens (tertiary/aromatic N) is 1. The summed E-state index contributed by atoms with van der Waals surface area (Å²) in [4.78, 5) is 16.5. The minimum absolute atomic E-state index is 0.0241. The van der Waals surface area contributed by atoms with Gasteiger partial charge in [-0.05, 0) is 67.6 Å². The number of thiophene rings is 1. The largest absolute Gasteiger partial charge is 0.493 e. The van der Waals surface area contributed by atoms with Crippen LogP contribution in [0.2, 0.25) is 0 Å². The number of piperidine rings is 1. The van der Waals surface area contributed by atoms with E-state index < -0.39 is 0 Å². The molecule has 1 amide bonds. The zero-order valence-electron chi connectivity index (χ0n) is 16.3. The van der Waals surface area contributed by atoms with E-state index in [1.54, 1.807) is 11.3 Å². The lowest BCUT2D eigenvalue weighted by Gasteiger charge is -2.34. The summed E-state index contributed by atoms with van der Waals surface area (Å²) in [5.41, 5.74) is 0.676. The highest BCUT2D eigenvalue weighted by Gasteiger charge is 2.23. The second-order valence-electron chi connectivity index (χ2n) is 7.57. The fourth-order valence-corrected chi connectivity index (χ4v) is 4.24. The molecule has 5 heteroatoms. The molecule has 0 bridgehead atoms. The fraction of sp³-hybridized carbons (Fsp3) is 0.500. The smallest absolute Gasteiger partial charge is 0.251 e. The average Bonchev–Trinajstić information content (AvgIpc) is 3.22. The Hall–Kier alpha value is -1.85. The molecule has 1 atom stereocenters. The van der Waals surface area contributed by atoms with Gasteiger partial charge in [0.25, 0.3) is 5.91 Å². The maximum absolute atomic E-state index is 12.6. The van der Waals surface area contributed by atoms with Gasteiger partial charge in [-0.2, -0.15) is 0 Å². The van der Waals surface area contributed by atoms with Gasteiger partial charge in [-0.15, -0.1) is 11.3 Å². The van der Waals surface area contributed by atoms with Crippen LogP contribution in [0.5, 0.6) is 5.75 Å². The monoisotopic (exact) mass is 386 g/mol. The van der Waals surface area contributed by atoms with Crippen LogP contribution in [0.4, 0.5) is 0 Å². The van der Waals surface area contributed by atoms with E-state index in [1.807, 2.05) is 24.3 Å². The molecule has 2 aromatic rings. The molecule has 146 valence electrons. The summed E-state index contributed by atoms with van der Waals surface area (Å²) in [6.07, 6.45) is 3.80. The predicted octanol–water partition coefficient (Wildman–Crippen LogP) is 4.74. The highest BCUT2D eigenvalue weighted by Crippen LogP contribution is 2.27. The van der Waals surface area contributed by atoms with E-state index in [0.29, 0.717) is 24.6 Å². The molecule has 27 heavy (non-hydrogen) atoms. The van der Waals surface area contributed by atoms with Crippen LogP contribution in [0.1, 0.15) is 54.4 Å². The van der Waals surface area contributed by atoms with Crippen LogP contribution in [-0.2, 0) is 0 Å². The fourth-order valence-electron chi connectivity index (χ4n) is 3.38. The molecule has 1 fully saturated rings. The van der Waals surface area contributed by atoms with E-state index in [1.165, 1.54) is 24.1 Å². The second kappa shape index (κ2) is 9.90. The van der Waals surface area contributed by atoms with Crippen LogP contribution in [0, 0.1) is 5.92 Å². The molecule has 1 aliphatic rings. The molecule has 1 saturated heterocycles. The first-order chi connectivity index (χ1) is 13.1. The Morgan fingerprint density at radius 2 is 1.89 bits per heavy atom. The number of carbonyl (C=O) groups excluding carboxylic acids is 1. The van der Waals surface area contributed by atoms with Crippen molar-refractivity contribution in [1.82, 2.24) is 10.2 Å². The Morgan fingerprint density at radius 3 is 2.52 bits per heavy atom. The zero-order valence-corrected chi connectivity index (χ0v) is 17.1. The van der Waals surface area contributed by atoms with Gasteiger partial charge in [0.1, 0.15) is 5.75 Å². The Morgan fingerprint density at radius 1 is 1.15 bits per heavy atom. The van der Waals surface area contributed by atoms with Crippen molar-refractivity contribution < 1.29 is 9.53 Å². The minimum atomic E-state index is -0.0241. The molecule has 1 N–H and O–H groups in total. The van der Waals surface area contributed by atoms with Gasteiger partial charge in [-0.25, -0.2) is 0 Å². The number of hydrogen-bond donors (Lipinski definition) is 1. The highest BCUT2D eigenvalue weighted by molar-refractivity contribution is 7.10. The summed E-state index contributed by atoms with van der Waals surface area (Å²) in [7, 11) is 0. The SMILES string of the molecule is CC(C)COc1ccc(C(=O)NC[C@H](c2cccs2)N2CCCCC2)cc1.